The first kappa shape index (κ1) is 13.7. The molecule has 3 heteroatoms. The van der Waals surface area contributed by atoms with Crippen molar-refractivity contribution in [1.82, 2.24) is 5.32 Å². The van der Waals surface area contributed by atoms with Crippen molar-refractivity contribution in [2.24, 2.45) is 0 Å². The zero-order valence-electron chi connectivity index (χ0n) is 10.1. The first-order valence-electron chi connectivity index (χ1n) is 5.78. The van der Waals surface area contributed by atoms with Crippen LogP contribution in [-0.2, 0) is 0 Å². The molecule has 0 fully saturated rings. The second kappa shape index (κ2) is 6.36. The van der Waals surface area contributed by atoms with Gasteiger partial charge in [-0.2, -0.15) is 0 Å². The highest BCUT2D eigenvalue weighted by molar-refractivity contribution is 9.10. The maximum absolute atomic E-state index is 13.1. The molecule has 1 nitrogen and oxygen atoms in total. The minimum atomic E-state index is -0.201. The monoisotopic (exact) mass is 287 g/mol. The molecule has 2 unspecified atom stereocenters. The predicted octanol–water partition coefficient (Wildman–Crippen LogP) is 4.08. The van der Waals surface area contributed by atoms with Crippen LogP contribution >= 0.6 is 15.9 Å². The smallest absolute Gasteiger partial charge is 0.137 e. The maximum atomic E-state index is 13.1. The summed E-state index contributed by atoms with van der Waals surface area (Å²) in [6, 6.07) is 5.71. The summed E-state index contributed by atoms with van der Waals surface area (Å²) in [6.07, 6.45) is 1.07. The molecular formula is C13H19BrFN. The zero-order valence-corrected chi connectivity index (χ0v) is 11.6. The highest BCUT2D eigenvalue weighted by Crippen LogP contribution is 2.25. The third-order valence-electron chi connectivity index (χ3n) is 2.98. The largest absolute Gasteiger partial charge is 0.314 e. The van der Waals surface area contributed by atoms with Crippen LogP contribution in [0.15, 0.2) is 22.7 Å². The normalized spacial score (nSPS) is 14.8. The van der Waals surface area contributed by atoms with E-state index in [0.29, 0.717) is 16.4 Å². The van der Waals surface area contributed by atoms with Crippen molar-refractivity contribution in [3.8, 4) is 0 Å². The summed E-state index contributed by atoms with van der Waals surface area (Å²) in [5.41, 5.74) is 1.17. The van der Waals surface area contributed by atoms with E-state index in [-0.39, 0.29) is 5.82 Å². The van der Waals surface area contributed by atoms with E-state index in [0.717, 1.165) is 13.0 Å². The topological polar surface area (TPSA) is 12.0 Å². The SMILES string of the molecule is CCNC(CC)C(C)c1ccc(F)c(Br)c1. The molecule has 0 saturated heterocycles. The van der Waals surface area contributed by atoms with Gasteiger partial charge in [0, 0.05) is 6.04 Å². The molecule has 1 aromatic carbocycles. The minimum absolute atomic E-state index is 0.201. The van der Waals surface area contributed by atoms with Crippen molar-refractivity contribution in [2.45, 2.75) is 39.2 Å². The van der Waals surface area contributed by atoms with Gasteiger partial charge in [0.25, 0.3) is 0 Å². The molecule has 0 aliphatic carbocycles. The molecule has 1 N–H and O–H groups in total. The lowest BCUT2D eigenvalue weighted by molar-refractivity contribution is 0.448. The lowest BCUT2D eigenvalue weighted by Gasteiger charge is -2.24. The summed E-state index contributed by atoms with van der Waals surface area (Å²) < 4.78 is 13.7. The zero-order chi connectivity index (χ0) is 12.1. The van der Waals surface area contributed by atoms with E-state index in [2.05, 4.69) is 42.0 Å². The number of benzene rings is 1. The number of nitrogens with one attached hydrogen (secondary N) is 1. The molecule has 90 valence electrons. The first-order chi connectivity index (χ1) is 7.60. The van der Waals surface area contributed by atoms with E-state index in [1.165, 1.54) is 11.6 Å². The highest BCUT2D eigenvalue weighted by atomic mass is 79.9. The fraction of sp³-hybridized carbons (Fsp3) is 0.538. The molecular weight excluding hydrogens is 269 g/mol. The van der Waals surface area contributed by atoms with Gasteiger partial charge in [0.2, 0.25) is 0 Å². The molecule has 0 aromatic heterocycles. The number of hydrogen-bond acceptors (Lipinski definition) is 1. The van der Waals surface area contributed by atoms with E-state index < -0.39 is 0 Å². The molecule has 0 aliphatic rings. The molecule has 1 rings (SSSR count). The lowest BCUT2D eigenvalue weighted by Crippen LogP contribution is -2.33. The van der Waals surface area contributed by atoms with Gasteiger partial charge in [-0.1, -0.05) is 26.8 Å². The summed E-state index contributed by atoms with van der Waals surface area (Å²) in [5, 5.41) is 3.46. The van der Waals surface area contributed by atoms with Crippen LogP contribution in [0.1, 0.15) is 38.7 Å². The van der Waals surface area contributed by atoms with E-state index >= 15 is 0 Å². The average Bonchev–Trinajstić information content (AvgIpc) is 2.28. The summed E-state index contributed by atoms with van der Waals surface area (Å²) in [6.45, 7) is 7.42. The number of likely N-dealkylation sites (N-methyl/N-ethyl adjacent to an activating group) is 1. The fourth-order valence-electron chi connectivity index (χ4n) is 1.96. The van der Waals surface area contributed by atoms with Gasteiger partial charge in [0.05, 0.1) is 4.47 Å². The van der Waals surface area contributed by atoms with Crippen molar-refractivity contribution in [1.29, 1.82) is 0 Å². The summed E-state index contributed by atoms with van der Waals surface area (Å²) in [5.74, 6) is 0.189. The van der Waals surface area contributed by atoms with Crippen molar-refractivity contribution >= 4 is 15.9 Å². The van der Waals surface area contributed by atoms with Crippen LogP contribution in [-0.4, -0.2) is 12.6 Å². The lowest BCUT2D eigenvalue weighted by atomic mass is 9.91. The second-order valence-corrected chi connectivity index (χ2v) is 4.89. The van der Waals surface area contributed by atoms with Crippen molar-refractivity contribution in [3.63, 3.8) is 0 Å². The summed E-state index contributed by atoms with van der Waals surface area (Å²) >= 11 is 3.23. The number of hydrogen-bond donors (Lipinski definition) is 1. The van der Waals surface area contributed by atoms with Gasteiger partial charge in [-0.15, -0.1) is 0 Å². The highest BCUT2D eigenvalue weighted by Gasteiger charge is 2.16. The third kappa shape index (κ3) is 3.29. The molecule has 0 amide bonds. The second-order valence-electron chi connectivity index (χ2n) is 4.03. The van der Waals surface area contributed by atoms with E-state index in [1.807, 2.05) is 12.1 Å². The molecule has 1 aromatic rings. The van der Waals surface area contributed by atoms with Gasteiger partial charge in [-0.05, 0) is 52.5 Å². The van der Waals surface area contributed by atoms with Gasteiger partial charge >= 0.3 is 0 Å². The molecule has 0 heterocycles. The summed E-state index contributed by atoms with van der Waals surface area (Å²) in [4.78, 5) is 0. The van der Waals surface area contributed by atoms with Crippen molar-refractivity contribution in [3.05, 3.63) is 34.1 Å². The van der Waals surface area contributed by atoms with Gasteiger partial charge in [0.15, 0.2) is 0 Å². The van der Waals surface area contributed by atoms with E-state index in [4.69, 9.17) is 0 Å². The minimum Gasteiger partial charge on any atom is -0.314 e. The van der Waals surface area contributed by atoms with Crippen LogP contribution in [0.2, 0.25) is 0 Å². The molecule has 0 aliphatic heterocycles. The molecule has 2 atom stereocenters. The third-order valence-corrected chi connectivity index (χ3v) is 3.59. The Labute approximate surface area is 106 Å². The number of rotatable bonds is 5. The van der Waals surface area contributed by atoms with Crippen molar-refractivity contribution in [2.75, 3.05) is 6.54 Å². The van der Waals surface area contributed by atoms with Crippen LogP contribution in [0.4, 0.5) is 4.39 Å². The van der Waals surface area contributed by atoms with Crippen LogP contribution in [0.5, 0.6) is 0 Å². The van der Waals surface area contributed by atoms with Crippen LogP contribution in [0.25, 0.3) is 0 Å². The Kier molecular flexibility index (Phi) is 5.42. The van der Waals surface area contributed by atoms with E-state index in [1.54, 1.807) is 0 Å². The maximum Gasteiger partial charge on any atom is 0.137 e. The Morgan fingerprint density at radius 2 is 2.06 bits per heavy atom. The van der Waals surface area contributed by atoms with Gasteiger partial charge in [-0.25, -0.2) is 4.39 Å². The Morgan fingerprint density at radius 3 is 2.56 bits per heavy atom. The van der Waals surface area contributed by atoms with Gasteiger partial charge < -0.3 is 5.32 Å². The Hall–Kier alpha value is -0.410. The fourth-order valence-corrected chi connectivity index (χ4v) is 2.36. The van der Waals surface area contributed by atoms with Gasteiger partial charge in [0.1, 0.15) is 5.82 Å². The first-order valence-corrected chi connectivity index (χ1v) is 6.57. The quantitative estimate of drug-likeness (QED) is 0.861. The van der Waals surface area contributed by atoms with Crippen molar-refractivity contribution < 1.29 is 4.39 Å². The standard InChI is InChI=1S/C13H19BrFN/c1-4-13(16-5-2)9(3)10-6-7-12(15)11(14)8-10/h6-9,13,16H,4-5H2,1-3H3. The average molecular weight is 288 g/mol. The molecule has 0 radical (unpaired) electrons. The molecule has 0 bridgehead atoms. The number of halogens is 2. The van der Waals surface area contributed by atoms with E-state index in [9.17, 15) is 4.39 Å². The molecule has 16 heavy (non-hydrogen) atoms. The van der Waals surface area contributed by atoms with Gasteiger partial charge in [-0.3, -0.25) is 0 Å². The van der Waals surface area contributed by atoms with Crippen LogP contribution < -0.4 is 5.32 Å². The Morgan fingerprint density at radius 1 is 1.38 bits per heavy atom. The summed E-state index contributed by atoms with van der Waals surface area (Å²) in [7, 11) is 0. The van der Waals surface area contributed by atoms with Crippen LogP contribution in [0, 0.1) is 5.82 Å². The Bertz CT molecular complexity index is 341. The molecule has 0 spiro atoms. The predicted molar refractivity (Wildman–Crippen MR) is 70.3 cm³/mol. The Balaban J connectivity index is 2.85. The molecule has 0 saturated carbocycles. The van der Waals surface area contributed by atoms with Crippen LogP contribution in [0.3, 0.4) is 0 Å².